The zero-order valence-corrected chi connectivity index (χ0v) is 29.4. The number of esters is 2. The normalized spacial score (nSPS) is 17.7. The summed E-state index contributed by atoms with van der Waals surface area (Å²) in [5, 5.41) is 2.40. The van der Waals surface area contributed by atoms with Crippen molar-refractivity contribution in [3.05, 3.63) is 98.0 Å². The molecule has 3 unspecified atom stereocenters. The second-order valence-corrected chi connectivity index (χ2v) is 13.5. The Morgan fingerprint density at radius 3 is 2.06 bits per heavy atom. The highest BCUT2D eigenvalue weighted by Gasteiger charge is 2.56. The lowest BCUT2D eigenvalue weighted by Crippen LogP contribution is -2.32. The van der Waals surface area contributed by atoms with Gasteiger partial charge in [-0.15, -0.1) is 0 Å². The van der Waals surface area contributed by atoms with Crippen LogP contribution in [0.4, 0.5) is 11.4 Å². The van der Waals surface area contributed by atoms with Crippen molar-refractivity contribution >= 4 is 64.1 Å². The van der Waals surface area contributed by atoms with Gasteiger partial charge in [0.15, 0.2) is 18.1 Å². The number of anilines is 2. The Morgan fingerprint density at radius 1 is 0.784 bits per heavy atom. The highest BCUT2D eigenvalue weighted by atomic mass is 32.2. The first-order valence-corrected chi connectivity index (χ1v) is 17.8. The Labute approximate surface area is 300 Å². The number of rotatable bonds is 12. The van der Waals surface area contributed by atoms with Gasteiger partial charge in [0.1, 0.15) is 5.25 Å². The molecule has 3 aromatic carbocycles. The first-order valence-electron chi connectivity index (χ1n) is 16.1. The van der Waals surface area contributed by atoms with Crippen molar-refractivity contribution in [3.63, 3.8) is 0 Å². The molecule has 2 N–H and O–H groups in total. The van der Waals surface area contributed by atoms with Crippen LogP contribution >= 0.6 is 23.1 Å². The van der Waals surface area contributed by atoms with Crippen molar-refractivity contribution in [2.24, 2.45) is 5.92 Å². The number of carbonyl (C=O) groups excluding carboxylic acids is 5. The van der Waals surface area contributed by atoms with Crippen LogP contribution in [0.3, 0.4) is 0 Å². The van der Waals surface area contributed by atoms with Gasteiger partial charge in [-0.2, -0.15) is 0 Å². The summed E-state index contributed by atoms with van der Waals surface area (Å²) in [5.41, 5.74) is 2.04. The summed E-state index contributed by atoms with van der Waals surface area (Å²) >= 11 is 2.13. The number of hydrogen-bond acceptors (Lipinski definition) is 12. The van der Waals surface area contributed by atoms with Crippen molar-refractivity contribution in [1.29, 1.82) is 0 Å². The maximum atomic E-state index is 14.2. The number of imide groups is 1. The fourth-order valence-electron chi connectivity index (χ4n) is 5.94. The van der Waals surface area contributed by atoms with Gasteiger partial charge < -0.3 is 29.2 Å². The Morgan fingerprint density at radius 2 is 1.43 bits per heavy atom. The number of hydrogen-bond donors (Lipinski definition) is 2. The standard InChI is InChI=1S/C36H33N3O10S2/c1-4-46-25-17-21(11-16-24(25)49-18-26(40)37-22-12-7-19(8-13-22)34(43)47-5-2)27-28-30(50-31-29(27)51-36(45)38-31)33(42)39(32(28)41)23-14-9-20(10-15-23)35(44)48-6-3/h7-17,27-28,30H,4-6,18H2,1-3H3,(H,37,40)(H,38,45). The van der Waals surface area contributed by atoms with Gasteiger partial charge in [0.25, 0.3) is 5.91 Å². The van der Waals surface area contributed by atoms with E-state index in [1.54, 1.807) is 63.2 Å². The highest BCUT2D eigenvalue weighted by molar-refractivity contribution is 8.00. The van der Waals surface area contributed by atoms with Crippen LogP contribution < -0.4 is 24.6 Å². The SMILES string of the molecule is CCOC(=O)c1ccc(NC(=O)COc2ccc(C3c4sc(=O)[nH]c4SC4C(=O)N(c5ccc(C(=O)OCC)cc5)C(=O)C43)cc2OCC)cc1. The van der Waals surface area contributed by atoms with Crippen LogP contribution in [0.1, 0.15) is 57.8 Å². The van der Waals surface area contributed by atoms with E-state index in [0.717, 1.165) is 28.0 Å². The summed E-state index contributed by atoms with van der Waals surface area (Å²) in [6.07, 6.45) is 0. The summed E-state index contributed by atoms with van der Waals surface area (Å²) in [7, 11) is 0. The molecule has 0 spiro atoms. The largest absolute Gasteiger partial charge is 0.490 e. The minimum atomic E-state index is -0.853. The zero-order chi connectivity index (χ0) is 36.2. The van der Waals surface area contributed by atoms with Gasteiger partial charge in [-0.1, -0.05) is 29.2 Å². The van der Waals surface area contributed by atoms with Gasteiger partial charge in [-0.25, -0.2) is 14.5 Å². The van der Waals surface area contributed by atoms with E-state index in [9.17, 15) is 28.8 Å². The lowest BCUT2D eigenvalue weighted by Gasteiger charge is -2.30. The molecule has 1 aromatic heterocycles. The molecule has 1 fully saturated rings. The summed E-state index contributed by atoms with van der Waals surface area (Å²) in [6.45, 7) is 5.57. The quantitative estimate of drug-likeness (QED) is 0.149. The topological polar surface area (TPSA) is 170 Å². The fourth-order valence-corrected chi connectivity index (χ4v) is 8.46. The molecule has 3 atom stereocenters. The van der Waals surface area contributed by atoms with Crippen molar-refractivity contribution in [3.8, 4) is 11.5 Å². The predicted molar refractivity (Wildman–Crippen MR) is 189 cm³/mol. The molecule has 0 bridgehead atoms. The molecule has 2 aliphatic heterocycles. The van der Waals surface area contributed by atoms with Crippen molar-refractivity contribution in [1.82, 2.24) is 4.98 Å². The average molecular weight is 732 g/mol. The van der Waals surface area contributed by atoms with Crippen molar-refractivity contribution in [2.75, 3.05) is 36.6 Å². The van der Waals surface area contributed by atoms with Crippen LogP contribution in [0, 0.1) is 5.92 Å². The number of amides is 3. The lowest BCUT2D eigenvalue weighted by molar-refractivity contribution is -0.122. The third-order valence-corrected chi connectivity index (χ3v) is 10.5. The number of nitrogens with one attached hydrogen (secondary N) is 2. The van der Waals surface area contributed by atoms with E-state index in [4.69, 9.17) is 18.9 Å². The predicted octanol–water partition coefficient (Wildman–Crippen LogP) is 5.00. The Bertz CT molecular complexity index is 2040. The van der Waals surface area contributed by atoms with Gasteiger partial charge in [-0.3, -0.25) is 19.2 Å². The third kappa shape index (κ3) is 7.25. The average Bonchev–Trinajstić information content (AvgIpc) is 3.62. The van der Waals surface area contributed by atoms with E-state index < -0.39 is 46.7 Å². The number of carbonyl (C=O) groups is 5. The van der Waals surface area contributed by atoms with Gasteiger partial charge >= 0.3 is 16.8 Å². The second-order valence-electron chi connectivity index (χ2n) is 11.3. The molecule has 264 valence electrons. The van der Waals surface area contributed by atoms with Crippen LogP contribution in [0.15, 0.2) is 76.6 Å². The molecule has 6 rings (SSSR count). The molecule has 3 heterocycles. The summed E-state index contributed by atoms with van der Waals surface area (Å²) < 4.78 is 21.8. The molecule has 0 saturated carbocycles. The lowest BCUT2D eigenvalue weighted by atomic mass is 9.83. The number of aromatic amines is 1. The third-order valence-electron chi connectivity index (χ3n) is 8.13. The minimum absolute atomic E-state index is 0.209. The van der Waals surface area contributed by atoms with E-state index in [-0.39, 0.29) is 42.6 Å². The summed E-state index contributed by atoms with van der Waals surface area (Å²) in [6, 6.07) is 17.4. The summed E-state index contributed by atoms with van der Waals surface area (Å²) in [5.74, 6) is -3.25. The monoisotopic (exact) mass is 731 g/mol. The van der Waals surface area contributed by atoms with Gasteiger partial charge in [0.2, 0.25) is 11.8 Å². The molecule has 0 aliphatic carbocycles. The van der Waals surface area contributed by atoms with Gasteiger partial charge in [0, 0.05) is 16.5 Å². The number of nitrogens with zero attached hydrogens (tertiary/aromatic N) is 1. The van der Waals surface area contributed by atoms with Crippen LogP contribution in [0.5, 0.6) is 11.5 Å². The van der Waals surface area contributed by atoms with Crippen LogP contribution in [-0.4, -0.2) is 66.3 Å². The number of fused-ring (bicyclic) bond motifs is 2. The number of benzene rings is 3. The highest BCUT2D eigenvalue weighted by Crippen LogP contribution is 2.53. The van der Waals surface area contributed by atoms with Gasteiger partial charge in [0.05, 0.1) is 47.6 Å². The molecule has 2 aliphatic rings. The number of ether oxygens (including phenoxy) is 4. The minimum Gasteiger partial charge on any atom is -0.490 e. The number of aromatic nitrogens is 1. The number of thiazole rings is 1. The van der Waals surface area contributed by atoms with Gasteiger partial charge in [-0.05, 0) is 87.0 Å². The van der Waals surface area contributed by atoms with Crippen molar-refractivity contribution in [2.45, 2.75) is 37.0 Å². The first kappa shape index (κ1) is 35.4. The van der Waals surface area contributed by atoms with E-state index in [2.05, 4.69) is 10.3 Å². The fraction of sp³-hybridized carbons (Fsp3) is 0.278. The van der Waals surface area contributed by atoms with E-state index in [1.165, 1.54) is 24.3 Å². The number of H-pyrrole nitrogens is 1. The molecule has 15 heteroatoms. The van der Waals surface area contributed by atoms with Crippen LogP contribution in [0.25, 0.3) is 0 Å². The van der Waals surface area contributed by atoms with Crippen molar-refractivity contribution < 1.29 is 42.9 Å². The maximum Gasteiger partial charge on any atom is 0.338 e. The number of thioether (sulfide) groups is 1. The zero-order valence-electron chi connectivity index (χ0n) is 27.8. The van der Waals surface area contributed by atoms with E-state index >= 15 is 0 Å². The Balaban J connectivity index is 1.24. The molecule has 4 aromatic rings. The molecule has 0 radical (unpaired) electrons. The molecular weight excluding hydrogens is 699 g/mol. The first-order chi connectivity index (χ1) is 24.6. The molecule has 13 nitrogen and oxygen atoms in total. The maximum absolute atomic E-state index is 14.2. The molecule has 3 amide bonds. The van der Waals surface area contributed by atoms with E-state index in [1.807, 2.05) is 0 Å². The summed E-state index contributed by atoms with van der Waals surface area (Å²) in [4.78, 5) is 81.6. The van der Waals surface area contributed by atoms with E-state index in [0.29, 0.717) is 38.2 Å². The Hall–Kier alpha value is -5.41. The smallest absolute Gasteiger partial charge is 0.338 e. The second kappa shape index (κ2) is 15.2. The molecule has 1 saturated heterocycles. The van der Waals surface area contributed by atoms with Crippen LogP contribution in [-0.2, 0) is 23.9 Å². The van der Waals surface area contributed by atoms with Crippen LogP contribution in [0.2, 0.25) is 0 Å². The molecular formula is C36H33N3O10S2. The Kier molecular flexibility index (Phi) is 10.6. The molecule has 51 heavy (non-hydrogen) atoms.